The van der Waals surface area contributed by atoms with Gasteiger partial charge in [-0.05, 0) is 17.6 Å². The van der Waals surface area contributed by atoms with Crippen LogP contribution >= 0.6 is 8.69 Å². The first-order chi connectivity index (χ1) is 6.29. The average molecular weight is 199 g/mol. The standard InChI is InChI=1S/C9H12O3P/c1-7(12-13-10)8-5-3-4-6-9(8)11-2/h3-7,13H,1-2H3/q+1. The minimum Gasteiger partial charge on any atom is -0.496 e. The van der Waals surface area contributed by atoms with Crippen molar-refractivity contribution in [1.29, 1.82) is 0 Å². The minimum absolute atomic E-state index is 0.202. The lowest BCUT2D eigenvalue weighted by Crippen LogP contribution is -1.96. The summed E-state index contributed by atoms with van der Waals surface area (Å²) < 4.78 is 20.4. The molecule has 1 rings (SSSR count). The molecular weight excluding hydrogens is 187 g/mol. The molecule has 4 heteroatoms. The highest BCUT2D eigenvalue weighted by Crippen LogP contribution is 2.28. The lowest BCUT2D eigenvalue weighted by Gasteiger charge is -2.09. The molecule has 3 nitrogen and oxygen atoms in total. The summed E-state index contributed by atoms with van der Waals surface area (Å²) in [4.78, 5) is 0. The van der Waals surface area contributed by atoms with Crippen LogP contribution in [0.25, 0.3) is 0 Å². The van der Waals surface area contributed by atoms with E-state index in [9.17, 15) is 4.57 Å². The highest BCUT2D eigenvalue weighted by Gasteiger charge is 2.14. The number of hydrogen-bond acceptors (Lipinski definition) is 3. The van der Waals surface area contributed by atoms with Crippen molar-refractivity contribution in [3.63, 3.8) is 0 Å². The van der Waals surface area contributed by atoms with E-state index in [1.807, 2.05) is 31.2 Å². The van der Waals surface area contributed by atoms with Gasteiger partial charge in [-0.1, -0.05) is 18.2 Å². The average Bonchev–Trinajstić information content (AvgIpc) is 2.18. The molecule has 0 aliphatic carbocycles. The number of para-hydroxylation sites is 1. The van der Waals surface area contributed by atoms with Crippen LogP contribution in [0.2, 0.25) is 0 Å². The number of rotatable bonds is 4. The van der Waals surface area contributed by atoms with E-state index in [1.54, 1.807) is 7.11 Å². The van der Waals surface area contributed by atoms with Gasteiger partial charge >= 0.3 is 8.69 Å². The van der Waals surface area contributed by atoms with Gasteiger partial charge in [0.15, 0.2) is 0 Å². The van der Waals surface area contributed by atoms with Crippen LogP contribution in [0.1, 0.15) is 18.6 Å². The Morgan fingerprint density at radius 3 is 2.69 bits per heavy atom. The van der Waals surface area contributed by atoms with Crippen LogP contribution in [-0.4, -0.2) is 7.11 Å². The van der Waals surface area contributed by atoms with Crippen LogP contribution in [0.15, 0.2) is 24.3 Å². The fraction of sp³-hybridized carbons (Fsp3) is 0.333. The highest BCUT2D eigenvalue weighted by molar-refractivity contribution is 7.17. The van der Waals surface area contributed by atoms with E-state index >= 15 is 0 Å². The van der Waals surface area contributed by atoms with Crippen molar-refractivity contribution in [2.75, 3.05) is 7.11 Å². The van der Waals surface area contributed by atoms with E-state index in [0.29, 0.717) is 0 Å². The van der Waals surface area contributed by atoms with Gasteiger partial charge in [0.25, 0.3) is 0 Å². The third-order valence-electron chi connectivity index (χ3n) is 1.80. The molecule has 2 unspecified atom stereocenters. The van der Waals surface area contributed by atoms with Crippen molar-refractivity contribution in [3.05, 3.63) is 29.8 Å². The van der Waals surface area contributed by atoms with Crippen LogP contribution in [0, 0.1) is 0 Å². The molecule has 1 aromatic carbocycles. The van der Waals surface area contributed by atoms with Gasteiger partial charge < -0.3 is 4.74 Å². The Labute approximate surface area is 79.0 Å². The normalized spacial score (nSPS) is 12.8. The second kappa shape index (κ2) is 4.95. The molecule has 0 fully saturated rings. The Morgan fingerprint density at radius 2 is 2.08 bits per heavy atom. The summed E-state index contributed by atoms with van der Waals surface area (Å²) in [5.41, 5.74) is 0.911. The Bertz CT molecular complexity index is 288. The molecule has 0 N–H and O–H groups in total. The summed E-state index contributed by atoms with van der Waals surface area (Å²) in [6.07, 6.45) is -0.202. The summed E-state index contributed by atoms with van der Waals surface area (Å²) in [6, 6.07) is 7.52. The Kier molecular flexibility index (Phi) is 3.87. The fourth-order valence-electron chi connectivity index (χ4n) is 1.14. The van der Waals surface area contributed by atoms with Crippen molar-refractivity contribution in [3.8, 4) is 5.75 Å². The molecule has 0 heterocycles. The predicted molar refractivity (Wildman–Crippen MR) is 51.5 cm³/mol. The van der Waals surface area contributed by atoms with E-state index in [1.165, 1.54) is 0 Å². The molecule has 2 atom stereocenters. The van der Waals surface area contributed by atoms with Gasteiger partial charge in [0.2, 0.25) is 0 Å². The van der Waals surface area contributed by atoms with Crippen LogP contribution in [-0.2, 0) is 9.09 Å². The largest absolute Gasteiger partial charge is 0.496 e. The Balaban J connectivity index is 2.91. The first-order valence-corrected chi connectivity index (χ1v) is 4.77. The summed E-state index contributed by atoms with van der Waals surface area (Å²) in [5, 5.41) is 0. The van der Waals surface area contributed by atoms with Crippen molar-refractivity contribution in [2.24, 2.45) is 0 Å². The number of ether oxygens (including phenoxy) is 1. The van der Waals surface area contributed by atoms with E-state index < -0.39 is 8.69 Å². The van der Waals surface area contributed by atoms with Crippen LogP contribution in [0.5, 0.6) is 5.75 Å². The van der Waals surface area contributed by atoms with Gasteiger partial charge in [-0.15, -0.1) is 4.52 Å². The maximum atomic E-state index is 10.3. The molecule has 0 spiro atoms. The zero-order valence-corrected chi connectivity index (χ0v) is 8.61. The van der Waals surface area contributed by atoms with Gasteiger partial charge in [-0.2, -0.15) is 0 Å². The number of hydrogen-bond donors (Lipinski definition) is 0. The molecule has 0 saturated heterocycles. The molecule has 0 aliphatic heterocycles. The third kappa shape index (κ3) is 2.51. The summed E-state index contributed by atoms with van der Waals surface area (Å²) in [5.74, 6) is 0.758. The molecule has 0 bridgehead atoms. The number of benzene rings is 1. The molecule has 1 aromatic rings. The summed E-state index contributed by atoms with van der Waals surface area (Å²) in [6.45, 7) is 1.84. The molecule has 0 aliphatic rings. The Morgan fingerprint density at radius 1 is 1.38 bits per heavy atom. The van der Waals surface area contributed by atoms with Crippen LogP contribution < -0.4 is 4.74 Å². The molecule has 70 valence electrons. The van der Waals surface area contributed by atoms with Crippen molar-refractivity contribution >= 4 is 8.69 Å². The lowest BCUT2D eigenvalue weighted by molar-refractivity contribution is 0.244. The number of methoxy groups -OCH3 is 1. The SMILES string of the molecule is COc1ccccc1C(C)O[PH+]=O. The van der Waals surface area contributed by atoms with Crippen LogP contribution in [0.3, 0.4) is 0 Å². The molecule has 0 radical (unpaired) electrons. The quantitative estimate of drug-likeness (QED) is 0.699. The first kappa shape index (κ1) is 10.2. The maximum absolute atomic E-state index is 10.3. The first-order valence-electron chi connectivity index (χ1n) is 3.95. The van der Waals surface area contributed by atoms with E-state index in [2.05, 4.69) is 0 Å². The minimum atomic E-state index is -0.744. The van der Waals surface area contributed by atoms with E-state index in [4.69, 9.17) is 9.26 Å². The van der Waals surface area contributed by atoms with Gasteiger partial charge in [-0.3, -0.25) is 0 Å². The Hall–Kier alpha value is -0.920. The predicted octanol–water partition coefficient (Wildman–Crippen LogP) is 2.71. The van der Waals surface area contributed by atoms with Gasteiger partial charge in [0.05, 0.1) is 7.11 Å². The van der Waals surface area contributed by atoms with E-state index in [-0.39, 0.29) is 6.10 Å². The zero-order valence-electron chi connectivity index (χ0n) is 7.61. The monoisotopic (exact) mass is 199 g/mol. The van der Waals surface area contributed by atoms with Crippen molar-refractivity contribution < 1.29 is 13.8 Å². The highest BCUT2D eigenvalue weighted by atomic mass is 31.1. The van der Waals surface area contributed by atoms with Gasteiger partial charge in [0, 0.05) is 5.56 Å². The van der Waals surface area contributed by atoms with Gasteiger partial charge in [0.1, 0.15) is 11.9 Å². The second-order valence-corrected chi connectivity index (χ2v) is 2.99. The molecular formula is C9H12O3P+. The van der Waals surface area contributed by atoms with Crippen LogP contribution in [0.4, 0.5) is 0 Å². The summed E-state index contributed by atoms with van der Waals surface area (Å²) >= 11 is 0. The molecule has 0 saturated carbocycles. The van der Waals surface area contributed by atoms with E-state index in [0.717, 1.165) is 11.3 Å². The van der Waals surface area contributed by atoms with Crippen molar-refractivity contribution in [1.82, 2.24) is 0 Å². The third-order valence-corrected chi connectivity index (χ3v) is 2.25. The molecule has 13 heavy (non-hydrogen) atoms. The molecule has 0 aromatic heterocycles. The lowest BCUT2D eigenvalue weighted by atomic mass is 10.1. The van der Waals surface area contributed by atoms with Gasteiger partial charge in [-0.25, -0.2) is 0 Å². The maximum Gasteiger partial charge on any atom is 0.494 e. The summed E-state index contributed by atoms with van der Waals surface area (Å²) in [7, 11) is 0.858. The second-order valence-electron chi connectivity index (χ2n) is 2.59. The fourth-order valence-corrected chi connectivity index (χ4v) is 1.41. The topological polar surface area (TPSA) is 35.5 Å². The zero-order chi connectivity index (χ0) is 9.68. The smallest absolute Gasteiger partial charge is 0.494 e. The molecule has 0 amide bonds. The van der Waals surface area contributed by atoms with Crippen molar-refractivity contribution in [2.45, 2.75) is 13.0 Å².